The molecule has 0 spiro atoms. The quantitative estimate of drug-likeness (QED) is 0.0199. The topological polar surface area (TPSA) is 255 Å². The average Bonchev–Trinajstić information content (AvgIpc) is 1.69. The van der Waals surface area contributed by atoms with Gasteiger partial charge in [0.2, 0.25) is 0 Å². The van der Waals surface area contributed by atoms with Gasteiger partial charge in [-0.25, -0.2) is 76.2 Å². The maximum absolute atomic E-state index is 14.3. The van der Waals surface area contributed by atoms with Crippen LogP contribution in [0.15, 0.2) is 183 Å². The molecule has 5 amide bonds. The number of nitrogens with zero attached hydrogens (tertiary/aromatic N) is 20. The summed E-state index contributed by atoms with van der Waals surface area (Å²) < 4.78 is 94.6. The highest BCUT2D eigenvalue weighted by molar-refractivity contribution is 6.35. The van der Waals surface area contributed by atoms with Gasteiger partial charge >= 0.3 is 0 Å². The average molecular weight is 1990 g/mol. The summed E-state index contributed by atoms with van der Waals surface area (Å²) >= 11 is 18.3. The number of pyridine rings is 5. The first-order valence-electron chi connectivity index (χ1n) is 48.4. The van der Waals surface area contributed by atoms with E-state index in [4.69, 9.17) is 44.8 Å². The number of benzene rings is 5. The van der Waals surface area contributed by atoms with Crippen molar-refractivity contribution < 1.29 is 50.3 Å². The molecule has 2 fully saturated rings. The summed E-state index contributed by atoms with van der Waals surface area (Å²) in [6, 6.07) is 39.9. The molecule has 2 aliphatic carbocycles. The second-order valence-electron chi connectivity index (χ2n) is 36.6. The van der Waals surface area contributed by atoms with Crippen molar-refractivity contribution in [2.24, 2.45) is 23.7 Å². The number of amides is 5. The lowest BCUT2D eigenvalue weighted by Crippen LogP contribution is -2.34. The first kappa shape index (κ1) is 105. The lowest BCUT2D eigenvalue weighted by Gasteiger charge is -2.23. The predicted molar refractivity (Wildman–Crippen MR) is 539 cm³/mol. The monoisotopic (exact) mass is 1980 g/mol. The maximum atomic E-state index is 14.3. The first-order chi connectivity index (χ1) is 68.0. The Bertz CT molecular complexity index is 6850. The van der Waals surface area contributed by atoms with Crippen molar-refractivity contribution in [3.8, 4) is 0 Å². The molecule has 0 atom stereocenters. The molecule has 2 aliphatic rings. The molecule has 2 saturated carbocycles. The van der Waals surface area contributed by atoms with Gasteiger partial charge in [0, 0.05) is 118 Å². The molecular weight excluding hydrogens is 1870 g/mol. The Morgan fingerprint density at radius 1 is 0.376 bits per heavy atom. The van der Waals surface area contributed by atoms with Gasteiger partial charge in [-0.2, -0.15) is 0 Å². The van der Waals surface area contributed by atoms with Crippen LogP contribution in [0, 0.1) is 65.5 Å². The summed E-state index contributed by atoms with van der Waals surface area (Å²) in [5.74, 6) is -1.40. The van der Waals surface area contributed by atoms with E-state index < -0.39 is 46.5 Å². The molecule has 742 valence electrons. The number of halogens is 9. The number of aryl methyl sites for hydroxylation is 2. The number of carbonyl (C=O) groups is 5. The molecule has 10 heterocycles. The number of imidazole rings is 5. The molecule has 141 heavy (non-hydrogen) atoms. The Balaban J connectivity index is 0.000000148. The Morgan fingerprint density at radius 2 is 0.787 bits per heavy atom. The van der Waals surface area contributed by atoms with E-state index in [1.54, 1.807) is 108 Å². The Hall–Kier alpha value is -13.0. The highest BCUT2D eigenvalue weighted by Gasteiger charge is 2.33. The molecule has 0 N–H and O–H groups in total. The molecule has 25 nitrogen and oxygen atoms in total. The highest BCUT2D eigenvalue weighted by atomic mass is 35.5. The smallest absolute Gasteiger partial charge is 0.260 e. The van der Waals surface area contributed by atoms with Crippen LogP contribution in [0.3, 0.4) is 0 Å². The van der Waals surface area contributed by atoms with Crippen LogP contribution in [0.4, 0.5) is 26.3 Å². The van der Waals surface area contributed by atoms with Gasteiger partial charge in [0.15, 0.2) is 39.9 Å². The van der Waals surface area contributed by atoms with Gasteiger partial charge < -0.3 is 47.3 Å². The molecule has 10 aromatic heterocycles. The van der Waals surface area contributed by atoms with Gasteiger partial charge in [-0.05, 0) is 233 Å². The lowest BCUT2D eigenvalue weighted by molar-refractivity contribution is 0.0717. The third-order valence-electron chi connectivity index (χ3n) is 24.1. The van der Waals surface area contributed by atoms with Gasteiger partial charge in [0.25, 0.3) is 29.5 Å². The van der Waals surface area contributed by atoms with Crippen molar-refractivity contribution in [2.45, 2.75) is 218 Å². The summed E-state index contributed by atoms with van der Waals surface area (Å²) in [7, 11) is 1.73. The highest BCUT2D eigenvalue weighted by Crippen LogP contribution is 2.36. The third kappa shape index (κ3) is 27.4. The van der Waals surface area contributed by atoms with Crippen molar-refractivity contribution in [3.63, 3.8) is 0 Å². The zero-order valence-electron chi connectivity index (χ0n) is 81.6. The first-order valence-corrected chi connectivity index (χ1v) is 49.6. The van der Waals surface area contributed by atoms with E-state index in [-0.39, 0.29) is 42.2 Å². The Kier molecular flexibility index (Phi) is 37.3. The van der Waals surface area contributed by atoms with Crippen LogP contribution in [-0.4, -0.2) is 160 Å². The second kappa shape index (κ2) is 49.9. The van der Waals surface area contributed by atoms with E-state index in [1.807, 2.05) is 94.6 Å². The number of unbranched alkanes of at least 4 members (excludes halogenated alkanes) is 4. The molecule has 34 heteroatoms. The maximum Gasteiger partial charge on any atom is 0.260 e. The van der Waals surface area contributed by atoms with Crippen molar-refractivity contribution in [1.29, 1.82) is 0 Å². The Labute approximate surface area is 832 Å². The minimum atomic E-state index is -1.46. The molecule has 17 rings (SSSR count). The van der Waals surface area contributed by atoms with E-state index in [0.29, 0.717) is 143 Å². The van der Waals surface area contributed by atoms with E-state index in [0.717, 1.165) is 182 Å². The molecule has 0 radical (unpaired) electrons. The lowest BCUT2D eigenvalue weighted by atomic mass is 10.1. The third-order valence-corrected chi connectivity index (χ3v) is 24.9. The predicted octanol–water partition coefficient (Wildman–Crippen LogP) is 23.8. The number of aromatic nitrogens is 15. The van der Waals surface area contributed by atoms with Crippen LogP contribution in [-0.2, 0) is 65.4 Å². The van der Waals surface area contributed by atoms with E-state index >= 15 is 0 Å². The van der Waals surface area contributed by atoms with Crippen molar-refractivity contribution >= 4 is 120 Å². The van der Waals surface area contributed by atoms with E-state index in [9.17, 15) is 50.3 Å². The molecule has 0 saturated heterocycles. The van der Waals surface area contributed by atoms with Crippen molar-refractivity contribution in [1.82, 2.24) is 97.2 Å². The second-order valence-corrected chi connectivity index (χ2v) is 37.8. The summed E-state index contributed by atoms with van der Waals surface area (Å²) in [5, 5.41) is 1.42. The van der Waals surface area contributed by atoms with Crippen molar-refractivity contribution in [3.05, 3.63) is 295 Å². The van der Waals surface area contributed by atoms with Crippen LogP contribution in [0.1, 0.15) is 232 Å². The molecule has 0 aliphatic heterocycles. The van der Waals surface area contributed by atoms with Crippen LogP contribution in [0.25, 0.3) is 55.8 Å². The number of carbonyl (C=O) groups excluding carboxylic acids is 5. The zero-order valence-corrected chi connectivity index (χ0v) is 83.9. The number of fused-ring (bicyclic) bond motifs is 5. The van der Waals surface area contributed by atoms with Gasteiger partial charge in [-0.3, -0.25) is 24.0 Å². The van der Waals surface area contributed by atoms with Gasteiger partial charge in [0.1, 0.15) is 85.5 Å². The normalized spacial score (nSPS) is 12.3. The number of rotatable bonds is 37. The van der Waals surface area contributed by atoms with Crippen LogP contribution in [0.5, 0.6) is 0 Å². The fraction of sp³-hybridized carbons (Fsp3) is 0.393. The standard InChI is InChI=1S/C23H25F3N4O.C22H26F2N4O.C22H27FN4O.C21H23ClN4O.C19H20Cl2N4O/c1-2-3-4-12-29(23(31)20-16(24)9-10-17(25)21(20)26)14-19-28-18-6-5-11-27-22(18)30(19)13-15-7-8-15;1-3-5-6-13-27(22(29)17-14-16(23)9-10-18(17)24)15-20-26-19-8-7-11-25-21(19)28(20)12-4-2;1-5-11-26(22(28)17-9-8-16(4)18(23)12-17)14-20-25-19-7-6-10-24-21(19)27(20)13-15(2)3;1-2-11-25(21(27)16-5-3-6-17(22)12-16)14-19-24-18-7-4-10-23-20(18)26(19)13-15-8-9-15;1-12(2)10-25-17(23-16-5-4-8-22-18(16)25)11-24(3)19(26)14-9-13(20)6-7-15(14)21/h5-6,9-11,15H,2-4,7-8,12-14H2,1H3;7-11,14H,3-6,12-13,15H2,1-2H3;6-10,12,15H,5,11,13-14H2,1-4H3;3-7,10,12,15H,2,8-9,11,13-14H2,1H3;4-9,12H,10-11H2,1-3H3. The number of hydrogen-bond donors (Lipinski definition) is 0. The molecular formula is C107H121Cl3F6N20O5. The Morgan fingerprint density at radius 3 is 1.23 bits per heavy atom. The largest absolute Gasteiger partial charge is 0.334 e. The van der Waals surface area contributed by atoms with Crippen LogP contribution >= 0.6 is 34.8 Å². The molecule has 0 unspecified atom stereocenters. The van der Waals surface area contributed by atoms with Crippen molar-refractivity contribution in [2.75, 3.05) is 33.2 Å². The van der Waals surface area contributed by atoms with Gasteiger partial charge in [-0.15, -0.1) is 0 Å². The van der Waals surface area contributed by atoms with Gasteiger partial charge in [0.05, 0.1) is 48.9 Å². The summed E-state index contributed by atoms with van der Waals surface area (Å²) in [5.41, 5.74) is 8.84. The summed E-state index contributed by atoms with van der Waals surface area (Å²) in [6.07, 6.45) is 21.3. The van der Waals surface area contributed by atoms with Crippen LogP contribution < -0.4 is 0 Å². The minimum absolute atomic E-state index is 0.0164. The summed E-state index contributed by atoms with van der Waals surface area (Å²) in [4.78, 5) is 119. The van der Waals surface area contributed by atoms with E-state index in [1.165, 1.54) is 23.8 Å². The number of hydrogen-bond acceptors (Lipinski definition) is 15. The molecule has 5 aromatic carbocycles. The zero-order chi connectivity index (χ0) is 101. The van der Waals surface area contributed by atoms with E-state index in [2.05, 4.69) is 102 Å². The fourth-order valence-corrected chi connectivity index (χ4v) is 17.2. The molecule has 0 bridgehead atoms. The van der Waals surface area contributed by atoms with Gasteiger partial charge in [-0.1, -0.05) is 135 Å². The summed E-state index contributed by atoms with van der Waals surface area (Å²) in [6.45, 7) is 27.9. The fourth-order valence-electron chi connectivity index (χ4n) is 16.6. The molecule has 15 aromatic rings. The van der Waals surface area contributed by atoms with Crippen LogP contribution in [0.2, 0.25) is 15.1 Å². The SMILES string of the molecule is CC(C)Cn1c(CN(C)C(=O)c2cc(Cl)ccc2Cl)nc2cccnc21.CCCCCN(Cc1nc2cccnc2n1CC1CC1)C(=O)c1c(F)ccc(F)c1F.CCCCCN(Cc1nc2cccnc2n1CCC)C(=O)c1cc(F)ccc1F.CCCN(Cc1nc2cccnc2n1CC(C)C)C(=O)c1ccc(C)c(F)c1.CCCN(Cc1nc2cccnc2n1CC1CC1)C(=O)c1cccc(Cl)c1. The minimum Gasteiger partial charge on any atom is -0.334 e.